The van der Waals surface area contributed by atoms with E-state index < -0.39 is 15.1 Å². The van der Waals surface area contributed by atoms with Crippen LogP contribution in [0.25, 0.3) is 0 Å². The standard InChI is InChI=1S/C10H13NO4S/c12-5-4-8-7-11-10(15-8)9-3-1-2-6-16(9,13)14/h5,7,9H,1-4,6H2. The first kappa shape index (κ1) is 11.3. The van der Waals surface area contributed by atoms with E-state index >= 15 is 0 Å². The van der Waals surface area contributed by atoms with E-state index in [4.69, 9.17) is 4.42 Å². The molecular weight excluding hydrogens is 230 g/mol. The Kier molecular flexibility index (Phi) is 3.09. The lowest BCUT2D eigenvalue weighted by molar-refractivity contribution is -0.107. The molecule has 16 heavy (non-hydrogen) atoms. The van der Waals surface area contributed by atoms with E-state index in [-0.39, 0.29) is 18.1 Å². The SMILES string of the molecule is O=CCc1cnc(C2CCCCS2(=O)=O)o1. The monoisotopic (exact) mass is 243 g/mol. The number of nitrogens with zero attached hydrogens (tertiary/aromatic N) is 1. The minimum atomic E-state index is -3.12. The Morgan fingerprint density at radius 1 is 1.50 bits per heavy atom. The topological polar surface area (TPSA) is 77.2 Å². The molecule has 1 aromatic heterocycles. The number of aromatic nitrogens is 1. The van der Waals surface area contributed by atoms with Gasteiger partial charge in [0.15, 0.2) is 9.84 Å². The fourth-order valence-corrected chi connectivity index (χ4v) is 3.71. The minimum absolute atomic E-state index is 0.139. The molecule has 0 amide bonds. The van der Waals surface area contributed by atoms with Crippen molar-refractivity contribution in [1.29, 1.82) is 0 Å². The van der Waals surface area contributed by atoms with Crippen LogP contribution in [0.5, 0.6) is 0 Å². The molecule has 1 aromatic rings. The van der Waals surface area contributed by atoms with Crippen LogP contribution in [0.1, 0.15) is 36.2 Å². The zero-order chi connectivity index (χ0) is 11.6. The van der Waals surface area contributed by atoms with Gasteiger partial charge in [-0.15, -0.1) is 0 Å². The number of carbonyl (C=O) groups is 1. The van der Waals surface area contributed by atoms with Crippen LogP contribution in [0.4, 0.5) is 0 Å². The lowest BCUT2D eigenvalue weighted by atomic mass is 10.2. The van der Waals surface area contributed by atoms with Gasteiger partial charge in [-0.2, -0.15) is 0 Å². The van der Waals surface area contributed by atoms with Gasteiger partial charge in [0, 0.05) is 0 Å². The Morgan fingerprint density at radius 3 is 3.00 bits per heavy atom. The van der Waals surface area contributed by atoms with E-state index in [1.807, 2.05) is 0 Å². The molecule has 6 heteroatoms. The number of rotatable bonds is 3. The van der Waals surface area contributed by atoms with Crippen LogP contribution in [0.3, 0.4) is 0 Å². The molecule has 88 valence electrons. The number of oxazole rings is 1. The van der Waals surface area contributed by atoms with Crippen molar-refractivity contribution in [2.75, 3.05) is 5.75 Å². The van der Waals surface area contributed by atoms with E-state index in [9.17, 15) is 13.2 Å². The molecule has 1 fully saturated rings. The summed E-state index contributed by atoms with van der Waals surface area (Å²) in [5.41, 5.74) is 0. The van der Waals surface area contributed by atoms with Crippen molar-refractivity contribution in [2.24, 2.45) is 0 Å². The van der Waals surface area contributed by atoms with Crippen molar-refractivity contribution in [3.8, 4) is 0 Å². The Hall–Kier alpha value is -1.17. The Bertz CT molecular complexity index is 477. The predicted molar refractivity (Wildman–Crippen MR) is 56.6 cm³/mol. The zero-order valence-electron chi connectivity index (χ0n) is 8.76. The first-order chi connectivity index (χ1) is 7.63. The minimum Gasteiger partial charge on any atom is -0.444 e. The Labute approximate surface area is 93.8 Å². The first-order valence-corrected chi connectivity index (χ1v) is 6.95. The van der Waals surface area contributed by atoms with Gasteiger partial charge in [0.1, 0.15) is 17.3 Å². The average molecular weight is 243 g/mol. The van der Waals surface area contributed by atoms with Crippen LogP contribution in [-0.4, -0.2) is 25.4 Å². The molecule has 2 rings (SSSR count). The molecule has 0 N–H and O–H groups in total. The maximum absolute atomic E-state index is 11.8. The maximum Gasteiger partial charge on any atom is 0.212 e. The van der Waals surface area contributed by atoms with Crippen LogP contribution >= 0.6 is 0 Å². The van der Waals surface area contributed by atoms with Crippen molar-refractivity contribution in [3.05, 3.63) is 17.8 Å². The predicted octanol–water partition coefficient (Wildman–Crippen LogP) is 1.06. The van der Waals surface area contributed by atoms with Crippen molar-refractivity contribution < 1.29 is 17.6 Å². The summed E-state index contributed by atoms with van der Waals surface area (Å²) >= 11 is 0. The normalized spacial score (nSPS) is 24.1. The third-order valence-corrected chi connectivity index (χ3v) is 4.87. The molecule has 1 aliphatic heterocycles. The summed E-state index contributed by atoms with van der Waals surface area (Å²) in [6.07, 6.45) is 4.41. The summed E-state index contributed by atoms with van der Waals surface area (Å²) in [6.45, 7) is 0. The van der Waals surface area contributed by atoms with Gasteiger partial charge in [-0.05, 0) is 12.8 Å². The van der Waals surface area contributed by atoms with Crippen LogP contribution in [0.2, 0.25) is 0 Å². The van der Waals surface area contributed by atoms with E-state index in [2.05, 4.69) is 4.98 Å². The highest BCUT2D eigenvalue weighted by molar-refractivity contribution is 7.91. The van der Waals surface area contributed by atoms with E-state index in [0.29, 0.717) is 24.9 Å². The number of hydrogen-bond donors (Lipinski definition) is 0. The molecule has 0 radical (unpaired) electrons. The second-order valence-corrected chi connectivity index (χ2v) is 6.19. The molecule has 1 saturated heterocycles. The first-order valence-electron chi connectivity index (χ1n) is 5.23. The van der Waals surface area contributed by atoms with Gasteiger partial charge in [-0.1, -0.05) is 6.42 Å². The van der Waals surface area contributed by atoms with E-state index in [0.717, 1.165) is 6.42 Å². The smallest absolute Gasteiger partial charge is 0.212 e. The second-order valence-electron chi connectivity index (χ2n) is 3.89. The van der Waals surface area contributed by atoms with Gasteiger partial charge in [0.2, 0.25) is 5.89 Å². The lowest BCUT2D eigenvalue weighted by Gasteiger charge is -2.19. The molecule has 0 bridgehead atoms. The molecule has 0 spiro atoms. The molecule has 1 unspecified atom stereocenters. The van der Waals surface area contributed by atoms with E-state index in [1.54, 1.807) is 0 Å². The molecule has 1 atom stereocenters. The summed E-state index contributed by atoms with van der Waals surface area (Å²) in [5, 5.41) is -0.623. The molecule has 2 heterocycles. The average Bonchev–Trinajstić information content (AvgIpc) is 2.66. The van der Waals surface area contributed by atoms with Crippen LogP contribution in [-0.2, 0) is 21.1 Å². The zero-order valence-corrected chi connectivity index (χ0v) is 9.57. The third kappa shape index (κ3) is 2.16. The number of carbonyl (C=O) groups excluding carboxylic acids is 1. The largest absolute Gasteiger partial charge is 0.444 e. The van der Waals surface area contributed by atoms with Gasteiger partial charge >= 0.3 is 0 Å². The summed E-state index contributed by atoms with van der Waals surface area (Å²) in [4.78, 5) is 14.2. The Morgan fingerprint density at radius 2 is 2.31 bits per heavy atom. The highest BCUT2D eigenvalue weighted by Crippen LogP contribution is 2.32. The van der Waals surface area contributed by atoms with Gasteiger partial charge in [-0.3, -0.25) is 0 Å². The fraction of sp³-hybridized carbons (Fsp3) is 0.600. The molecule has 5 nitrogen and oxygen atoms in total. The second kappa shape index (κ2) is 4.37. The number of aldehydes is 1. The molecule has 0 aliphatic carbocycles. The molecule has 1 aliphatic rings. The summed E-state index contributed by atoms with van der Waals surface area (Å²) in [6, 6.07) is 0. The summed E-state index contributed by atoms with van der Waals surface area (Å²) in [7, 11) is -3.12. The summed E-state index contributed by atoms with van der Waals surface area (Å²) < 4.78 is 28.8. The van der Waals surface area contributed by atoms with Crippen molar-refractivity contribution >= 4 is 16.1 Å². The Balaban J connectivity index is 2.25. The molecule has 0 saturated carbocycles. The summed E-state index contributed by atoms with van der Waals surface area (Å²) in [5.74, 6) is 0.852. The highest BCUT2D eigenvalue weighted by Gasteiger charge is 2.33. The van der Waals surface area contributed by atoms with E-state index in [1.165, 1.54) is 6.20 Å². The van der Waals surface area contributed by atoms with Crippen LogP contribution in [0, 0.1) is 0 Å². The van der Waals surface area contributed by atoms with Crippen LogP contribution < -0.4 is 0 Å². The van der Waals surface area contributed by atoms with Crippen molar-refractivity contribution in [2.45, 2.75) is 30.9 Å². The van der Waals surface area contributed by atoms with Crippen molar-refractivity contribution in [1.82, 2.24) is 4.98 Å². The van der Waals surface area contributed by atoms with Gasteiger partial charge in [0.05, 0.1) is 18.4 Å². The maximum atomic E-state index is 11.8. The third-order valence-electron chi connectivity index (χ3n) is 2.71. The van der Waals surface area contributed by atoms with Gasteiger partial charge in [-0.25, -0.2) is 13.4 Å². The lowest BCUT2D eigenvalue weighted by Crippen LogP contribution is -2.21. The number of hydrogen-bond acceptors (Lipinski definition) is 5. The van der Waals surface area contributed by atoms with Crippen molar-refractivity contribution in [3.63, 3.8) is 0 Å². The quantitative estimate of drug-likeness (QED) is 0.742. The highest BCUT2D eigenvalue weighted by atomic mass is 32.2. The van der Waals surface area contributed by atoms with Gasteiger partial charge in [0.25, 0.3) is 0 Å². The number of sulfone groups is 1. The molecule has 0 aromatic carbocycles. The van der Waals surface area contributed by atoms with Crippen LogP contribution in [0.15, 0.2) is 10.6 Å². The van der Waals surface area contributed by atoms with Gasteiger partial charge < -0.3 is 9.21 Å². The molecular formula is C10H13NO4S. The fourth-order valence-electron chi connectivity index (χ4n) is 1.88.